The van der Waals surface area contributed by atoms with Crippen molar-refractivity contribution in [2.24, 2.45) is 5.41 Å². The molecule has 4 rings (SSSR count). The fourth-order valence-corrected chi connectivity index (χ4v) is 5.36. The van der Waals surface area contributed by atoms with E-state index in [1.165, 1.54) is 12.1 Å². The predicted molar refractivity (Wildman–Crippen MR) is 147 cm³/mol. The molecule has 1 saturated heterocycles. The number of pyridine rings is 1. The number of ether oxygens (including phenoxy) is 1. The molecule has 3 N–H and O–H groups in total. The Kier molecular flexibility index (Phi) is 8.87. The third-order valence-corrected chi connectivity index (χ3v) is 7.69. The molecule has 1 aromatic heterocycles. The molecular weight excluding hydrogens is 506 g/mol. The van der Waals surface area contributed by atoms with Crippen LogP contribution < -0.4 is 15.0 Å². The summed E-state index contributed by atoms with van der Waals surface area (Å²) in [4.78, 5) is 21.0. The second kappa shape index (κ2) is 12.1. The Labute approximate surface area is 227 Å². The quantitative estimate of drug-likeness (QED) is 0.321. The summed E-state index contributed by atoms with van der Waals surface area (Å²) < 4.78 is 32.2. The van der Waals surface area contributed by atoms with Gasteiger partial charge in [-0.2, -0.15) is 0 Å². The summed E-state index contributed by atoms with van der Waals surface area (Å²) in [6, 6.07) is 8.82. The molecule has 0 saturated carbocycles. The van der Waals surface area contributed by atoms with Gasteiger partial charge in [0.05, 0.1) is 36.0 Å². The number of likely N-dealkylation sites (tertiary alicyclic amines) is 1. The number of benzene rings is 2. The molecule has 1 fully saturated rings. The molecule has 210 valence electrons. The lowest BCUT2D eigenvalue weighted by atomic mass is 9.74. The Morgan fingerprint density at radius 3 is 2.49 bits per heavy atom. The molecule has 3 aromatic rings. The fourth-order valence-electron chi connectivity index (χ4n) is 5.36. The van der Waals surface area contributed by atoms with Crippen LogP contribution in [-0.4, -0.2) is 73.5 Å². The Hall–Kier alpha value is -3.50. The van der Waals surface area contributed by atoms with Crippen LogP contribution in [0.2, 0.25) is 0 Å². The maximum absolute atomic E-state index is 13.4. The van der Waals surface area contributed by atoms with Crippen LogP contribution in [0.5, 0.6) is 5.75 Å². The standard InChI is InChI=1S/C29H36F2N4O4/c1-34(2)25-18-33-24-5-4-22(39-3)17-23(24)27(25)26(36)6-7-29(28(37)38)8-11-35(12-9-29)13-10-32-21-15-19(30)14-20(31)16-21/h4-5,14-18,26,32,36H,6-13H2,1-3H3,(H,37,38). The third kappa shape index (κ3) is 6.57. The zero-order valence-electron chi connectivity index (χ0n) is 22.6. The maximum Gasteiger partial charge on any atom is 0.309 e. The van der Waals surface area contributed by atoms with Gasteiger partial charge in [-0.25, -0.2) is 8.78 Å². The van der Waals surface area contributed by atoms with Crippen molar-refractivity contribution in [2.75, 3.05) is 57.6 Å². The van der Waals surface area contributed by atoms with Gasteiger partial charge in [0.1, 0.15) is 17.4 Å². The number of carbonyl (C=O) groups is 1. The van der Waals surface area contributed by atoms with Crippen molar-refractivity contribution in [2.45, 2.75) is 31.8 Å². The minimum absolute atomic E-state index is 0.288. The van der Waals surface area contributed by atoms with Gasteiger partial charge in [0.15, 0.2) is 0 Å². The van der Waals surface area contributed by atoms with Crippen molar-refractivity contribution in [1.29, 1.82) is 0 Å². The number of carboxylic acids is 1. The molecule has 10 heteroatoms. The van der Waals surface area contributed by atoms with E-state index in [9.17, 15) is 23.8 Å². The van der Waals surface area contributed by atoms with Crippen molar-refractivity contribution in [3.63, 3.8) is 0 Å². The SMILES string of the molecule is COc1ccc2ncc(N(C)C)c(C(O)CCC3(C(=O)O)CCN(CCNc4cc(F)cc(F)c4)CC3)c2c1. The number of hydrogen-bond donors (Lipinski definition) is 3. The number of fused-ring (bicyclic) bond motifs is 1. The second-order valence-electron chi connectivity index (χ2n) is 10.4. The van der Waals surface area contributed by atoms with E-state index >= 15 is 0 Å². The van der Waals surface area contributed by atoms with E-state index in [4.69, 9.17) is 4.74 Å². The summed E-state index contributed by atoms with van der Waals surface area (Å²) in [6.07, 6.45) is 2.37. The highest BCUT2D eigenvalue weighted by Crippen LogP contribution is 2.41. The number of aliphatic hydroxyl groups is 1. The zero-order chi connectivity index (χ0) is 28.2. The number of aliphatic hydroxyl groups excluding tert-OH is 1. The van der Waals surface area contributed by atoms with E-state index in [1.807, 2.05) is 37.2 Å². The van der Waals surface area contributed by atoms with E-state index in [-0.39, 0.29) is 6.42 Å². The first-order valence-electron chi connectivity index (χ1n) is 13.1. The number of nitrogens with one attached hydrogen (secondary N) is 1. The summed E-state index contributed by atoms with van der Waals surface area (Å²) in [6.45, 7) is 2.26. The molecule has 2 heterocycles. The molecule has 2 aromatic carbocycles. The minimum Gasteiger partial charge on any atom is -0.497 e. The van der Waals surface area contributed by atoms with Crippen molar-refractivity contribution >= 4 is 28.2 Å². The lowest BCUT2D eigenvalue weighted by Gasteiger charge is -2.39. The van der Waals surface area contributed by atoms with Gasteiger partial charge in [-0.05, 0) is 69.1 Å². The number of piperidine rings is 1. The zero-order valence-corrected chi connectivity index (χ0v) is 22.6. The molecule has 0 aliphatic carbocycles. The molecule has 1 aliphatic heterocycles. The molecule has 0 spiro atoms. The molecule has 39 heavy (non-hydrogen) atoms. The number of halogens is 2. The van der Waals surface area contributed by atoms with Crippen LogP contribution >= 0.6 is 0 Å². The van der Waals surface area contributed by atoms with Gasteiger partial charge in [0, 0.05) is 49.9 Å². The Bertz CT molecular complexity index is 1290. The lowest BCUT2D eigenvalue weighted by Crippen LogP contribution is -2.45. The predicted octanol–water partition coefficient (Wildman–Crippen LogP) is 4.68. The van der Waals surface area contributed by atoms with Crippen LogP contribution in [0.4, 0.5) is 20.2 Å². The van der Waals surface area contributed by atoms with Crippen LogP contribution in [0.25, 0.3) is 10.9 Å². The maximum atomic E-state index is 13.4. The van der Waals surface area contributed by atoms with Gasteiger partial charge in [0.2, 0.25) is 0 Å². The van der Waals surface area contributed by atoms with Gasteiger partial charge in [-0.1, -0.05) is 0 Å². The average Bonchev–Trinajstić information content (AvgIpc) is 2.90. The van der Waals surface area contributed by atoms with E-state index in [0.717, 1.165) is 22.7 Å². The monoisotopic (exact) mass is 542 g/mol. The van der Waals surface area contributed by atoms with Crippen molar-refractivity contribution < 1.29 is 28.5 Å². The van der Waals surface area contributed by atoms with E-state index < -0.39 is 29.1 Å². The summed E-state index contributed by atoms with van der Waals surface area (Å²) in [5.41, 5.74) is 1.65. The smallest absolute Gasteiger partial charge is 0.309 e. The van der Waals surface area contributed by atoms with Crippen LogP contribution in [0.15, 0.2) is 42.6 Å². The van der Waals surface area contributed by atoms with Gasteiger partial charge in [-0.3, -0.25) is 9.78 Å². The van der Waals surface area contributed by atoms with Gasteiger partial charge < -0.3 is 30.1 Å². The molecule has 0 radical (unpaired) electrons. The molecular formula is C29H36F2N4O4. The number of aromatic nitrogens is 1. The summed E-state index contributed by atoms with van der Waals surface area (Å²) >= 11 is 0. The fraction of sp³-hybridized carbons (Fsp3) is 0.448. The summed E-state index contributed by atoms with van der Waals surface area (Å²) in [7, 11) is 5.35. The molecule has 0 amide bonds. The lowest BCUT2D eigenvalue weighted by molar-refractivity contribution is -0.153. The van der Waals surface area contributed by atoms with Crippen LogP contribution in [-0.2, 0) is 4.79 Å². The van der Waals surface area contributed by atoms with Gasteiger partial charge in [-0.15, -0.1) is 0 Å². The van der Waals surface area contributed by atoms with Crippen molar-refractivity contribution in [3.8, 4) is 5.75 Å². The highest BCUT2D eigenvalue weighted by atomic mass is 19.1. The first-order chi connectivity index (χ1) is 18.6. The third-order valence-electron chi connectivity index (χ3n) is 7.69. The van der Waals surface area contributed by atoms with Gasteiger partial charge >= 0.3 is 5.97 Å². The number of aliphatic carboxylic acids is 1. The average molecular weight is 543 g/mol. The summed E-state index contributed by atoms with van der Waals surface area (Å²) in [5, 5.41) is 25.4. The van der Waals surface area contributed by atoms with Crippen LogP contribution in [0.3, 0.4) is 0 Å². The van der Waals surface area contributed by atoms with Crippen LogP contribution in [0, 0.1) is 17.0 Å². The minimum atomic E-state index is -0.935. The molecule has 1 atom stereocenters. The first-order valence-corrected chi connectivity index (χ1v) is 13.1. The molecule has 0 bridgehead atoms. The van der Waals surface area contributed by atoms with Crippen molar-refractivity contribution in [3.05, 3.63) is 59.8 Å². The van der Waals surface area contributed by atoms with Crippen LogP contribution in [0.1, 0.15) is 37.4 Å². The second-order valence-corrected chi connectivity index (χ2v) is 10.4. The molecule has 8 nitrogen and oxygen atoms in total. The van der Waals surface area contributed by atoms with Gasteiger partial charge in [0.25, 0.3) is 0 Å². The Morgan fingerprint density at radius 1 is 1.18 bits per heavy atom. The highest BCUT2D eigenvalue weighted by Gasteiger charge is 2.41. The Balaban J connectivity index is 1.41. The largest absolute Gasteiger partial charge is 0.497 e. The molecule has 1 unspecified atom stereocenters. The number of rotatable bonds is 11. The number of anilines is 2. The number of methoxy groups -OCH3 is 1. The normalized spacial score (nSPS) is 16.2. The first kappa shape index (κ1) is 28.5. The molecule has 1 aliphatic rings. The Morgan fingerprint density at radius 2 is 1.87 bits per heavy atom. The topological polar surface area (TPSA) is 98.2 Å². The summed E-state index contributed by atoms with van der Waals surface area (Å²) in [5.74, 6) is -1.47. The number of nitrogens with zero attached hydrogens (tertiary/aromatic N) is 3. The van der Waals surface area contributed by atoms with E-state index in [1.54, 1.807) is 13.3 Å². The number of carboxylic acid groups (broad SMARTS) is 1. The van der Waals surface area contributed by atoms with Crippen molar-refractivity contribution in [1.82, 2.24) is 9.88 Å². The highest BCUT2D eigenvalue weighted by molar-refractivity contribution is 5.88. The van der Waals surface area contributed by atoms with E-state index in [0.29, 0.717) is 62.4 Å². The van der Waals surface area contributed by atoms with E-state index in [2.05, 4.69) is 15.2 Å². The number of hydrogen-bond acceptors (Lipinski definition) is 7.